The van der Waals surface area contributed by atoms with Gasteiger partial charge in [0.15, 0.2) is 5.69 Å². The van der Waals surface area contributed by atoms with Crippen LogP contribution >= 0.6 is 0 Å². The second kappa shape index (κ2) is 10.6. The van der Waals surface area contributed by atoms with Crippen molar-refractivity contribution >= 4 is 27.6 Å². The molecule has 1 aromatic carbocycles. The number of carbonyl (C=O) groups excluding carboxylic acids is 1. The molecule has 0 spiro atoms. The molecule has 1 aromatic heterocycles. The molecule has 0 unspecified atom stereocenters. The molecule has 10 nitrogen and oxygen atoms in total. The highest BCUT2D eigenvalue weighted by molar-refractivity contribution is 7.89. The second-order valence-corrected chi connectivity index (χ2v) is 9.54. The molecule has 0 atom stereocenters. The fraction of sp³-hybridized carbons (Fsp3) is 0.476. The van der Waals surface area contributed by atoms with E-state index in [1.165, 1.54) is 36.0 Å². The third-order valence-corrected chi connectivity index (χ3v) is 6.25. The predicted molar refractivity (Wildman–Crippen MR) is 119 cm³/mol. The monoisotopic (exact) mass is 466 g/mol. The number of aryl methyl sites for hydroxylation is 1. The average molecular weight is 467 g/mol. The molecule has 2 aromatic rings. The summed E-state index contributed by atoms with van der Waals surface area (Å²) in [5, 5.41) is 15.7. The number of aromatic carboxylic acids is 1. The number of carboxylic acid groups (broad SMARTS) is 1. The zero-order chi connectivity index (χ0) is 24.1. The number of hydrogen-bond donors (Lipinski definition) is 3. The minimum Gasteiger partial charge on any atom is -0.476 e. The third kappa shape index (κ3) is 6.30. The molecule has 1 heterocycles. The van der Waals surface area contributed by atoms with E-state index in [2.05, 4.69) is 15.1 Å². The quantitative estimate of drug-likeness (QED) is 0.462. The summed E-state index contributed by atoms with van der Waals surface area (Å²) >= 11 is 0. The minimum atomic E-state index is -3.99. The lowest BCUT2D eigenvalue weighted by atomic mass is 10.0. The lowest BCUT2D eigenvalue weighted by molar-refractivity contribution is -0.120. The van der Waals surface area contributed by atoms with Gasteiger partial charge in [-0.3, -0.25) is 4.79 Å². The molecule has 0 aliphatic rings. The number of aromatic nitrogens is 2. The van der Waals surface area contributed by atoms with Crippen LogP contribution in [0, 0.1) is 11.8 Å². The Bertz CT molecular complexity index is 1070. The van der Waals surface area contributed by atoms with E-state index in [-0.39, 0.29) is 46.5 Å². The molecule has 0 aliphatic carbocycles. The number of ether oxygens (including phenoxy) is 1. The lowest BCUT2D eigenvalue weighted by Crippen LogP contribution is -2.28. The van der Waals surface area contributed by atoms with Gasteiger partial charge in [-0.15, -0.1) is 0 Å². The maximum atomic E-state index is 13.0. The molecule has 2 rings (SSSR count). The Labute approximate surface area is 188 Å². The Hall–Kier alpha value is -2.92. The number of nitrogens with zero attached hydrogens (tertiary/aromatic N) is 2. The van der Waals surface area contributed by atoms with Gasteiger partial charge in [0.2, 0.25) is 21.8 Å². The van der Waals surface area contributed by atoms with Gasteiger partial charge in [0.25, 0.3) is 0 Å². The summed E-state index contributed by atoms with van der Waals surface area (Å²) in [5.41, 5.74) is 0.0781. The van der Waals surface area contributed by atoms with Crippen LogP contribution in [0.2, 0.25) is 0 Å². The fourth-order valence-electron chi connectivity index (χ4n) is 2.90. The molecule has 0 saturated heterocycles. The van der Waals surface area contributed by atoms with Crippen molar-refractivity contribution in [2.45, 2.75) is 45.4 Å². The van der Waals surface area contributed by atoms with Gasteiger partial charge in [0.05, 0.1) is 0 Å². The van der Waals surface area contributed by atoms with Gasteiger partial charge >= 0.3 is 5.97 Å². The van der Waals surface area contributed by atoms with E-state index >= 15 is 0 Å². The van der Waals surface area contributed by atoms with Crippen molar-refractivity contribution in [2.75, 3.05) is 11.9 Å². The van der Waals surface area contributed by atoms with E-state index < -0.39 is 16.0 Å². The molecule has 0 fully saturated rings. The first-order valence-electron chi connectivity index (χ1n) is 10.4. The SMILES string of the molecule is CCC(CC)C(=O)Nc1ccc(Oc2cc(C(=O)O)nn2C)c(S(=O)(=O)NCC(C)C)c1. The first kappa shape index (κ1) is 25.3. The van der Waals surface area contributed by atoms with Gasteiger partial charge in [-0.2, -0.15) is 5.10 Å². The molecular weight excluding hydrogens is 436 g/mol. The Kier molecular flexibility index (Phi) is 8.39. The number of rotatable bonds is 11. The van der Waals surface area contributed by atoms with E-state index in [0.717, 1.165) is 0 Å². The number of carbonyl (C=O) groups is 2. The summed E-state index contributed by atoms with van der Waals surface area (Å²) in [6.07, 6.45) is 1.33. The van der Waals surface area contributed by atoms with Crippen LogP contribution in [0.4, 0.5) is 5.69 Å². The van der Waals surface area contributed by atoms with Gasteiger partial charge < -0.3 is 15.2 Å². The van der Waals surface area contributed by atoms with Crippen LogP contribution in [0.5, 0.6) is 11.6 Å². The van der Waals surface area contributed by atoms with E-state index in [0.29, 0.717) is 18.5 Å². The standard InChI is InChI=1S/C21H30N4O6S/c1-6-14(7-2)20(26)23-15-8-9-17(18(10-15)32(29,30)22-12-13(3)4)31-19-11-16(21(27)28)24-25(19)5/h8-11,13-14,22H,6-7,12H2,1-5H3,(H,23,26)(H,27,28). The van der Waals surface area contributed by atoms with Crippen LogP contribution in [-0.4, -0.2) is 41.7 Å². The zero-order valence-corrected chi connectivity index (χ0v) is 19.7. The number of carboxylic acids is 1. The van der Waals surface area contributed by atoms with Crippen molar-refractivity contribution in [2.24, 2.45) is 18.9 Å². The minimum absolute atomic E-state index is 0.0262. The number of sulfonamides is 1. The van der Waals surface area contributed by atoms with Gasteiger partial charge in [0, 0.05) is 31.3 Å². The molecule has 0 aliphatic heterocycles. The molecule has 0 bridgehead atoms. The van der Waals surface area contributed by atoms with Crippen molar-refractivity contribution < 1.29 is 27.9 Å². The highest BCUT2D eigenvalue weighted by Crippen LogP contribution is 2.32. The summed E-state index contributed by atoms with van der Waals surface area (Å²) in [6.45, 7) is 7.77. The Morgan fingerprint density at radius 1 is 1.19 bits per heavy atom. The highest BCUT2D eigenvalue weighted by Gasteiger charge is 2.24. The average Bonchev–Trinajstić information content (AvgIpc) is 3.09. The number of nitrogens with one attached hydrogen (secondary N) is 2. The van der Waals surface area contributed by atoms with Crippen LogP contribution in [0.3, 0.4) is 0 Å². The summed E-state index contributed by atoms with van der Waals surface area (Å²) in [4.78, 5) is 23.4. The predicted octanol–water partition coefficient (Wildman–Crippen LogP) is 3.22. The van der Waals surface area contributed by atoms with Crippen molar-refractivity contribution in [3.63, 3.8) is 0 Å². The maximum Gasteiger partial charge on any atom is 0.356 e. The van der Waals surface area contributed by atoms with E-state index in [1.807, 2.05) is 27.7 Å². The lowest BCUT2D eigenvalue weighted by Gasteiger charge is -2.17. The second-order valence-electron chi connectivity index (χ2n) is 7.81. The van der Waals surface area contributed by atoms with Crippen molar-refractivity contribution in [1.82, 2.24) is 14.5 Å². The van der Waals surface area contributed by atoms with Crippen LogP contribution in [0.25, 0.3) is 0 Å². The van der Waals surface area contributed by atoms with Gasteiger partial charge in [-0.1, -0.05) is 27.7 Å². The molecule has 0 radical (unpaired) electrons. The normalized spacial score (nSPS) is 11.7. The maximum absolute atomic E-state index is 13.0. The fourth-order valence-corrected chi connectivity index (χ4v) is 4.27. The van der Waals surface area contributed by atoms with Crippen LogP contribution in [-0.2, 0) is 21.9 Å². The number of anilines is 1. The van der Waals surface area contributed by atoms with Gasteiger partial charge in [-0.25, -0.2) is 22.6 Å². The van der Waals surface area contributed by atoms with E-state index in [1.54, 1.807) is 0 Å². The molecule has 176 valence electrons. The van der Waals surface area contributed by atoms with Gasteiger partial charge in [-0.05, 0) is 37.0 Å². The number of benzene rings is 1. The van der Waals surface area contributed by atoms with Gasteiger partial charge in [0.1, 0.15) is 10.6 Å². The van der Waals surface area contributed by atoms with Crippen molar-refractivity contribution in [1.29, 1.82) is 0 Å². The largest absolute Gasteiger partial charge is 0.476 e. The first-order chi connectivity index (χ1) is 15.0. The number of amides is 1. The molecule has 0 saturated carbocycles. The summed E-state index contributed by atoms with van der Waals surface area (Å²) < 4.78 is 35.5. The zero-order valence-electron chi connectivity index (χ0n) is 18.9. The number of hydrogen-bond acceptors (Lipinski definition) is 6. The van der Waals surface area contributed by atoms with E-state index in [4.69, 9.17) is 9.84 Å². The summed E-state index contributed by atoms with van der Waals surface area (Å²) in [7, 11) is -2.51. The van der Waals surface area contributed by atoms with Crippen molar-refractivity contribution in [3.05, 3.63) is 30.0 Å². The Balaban J connectivity index is 2.46. The molecule has 11 heteroatoms. The summed E-state index contributed by atoms with van der Waals surface area (Å²) in [6, 6.07) is 5.47. The Morgan fingerprint density at radius 3 is 2.38 bits per heavy atom. The molecule has 1 amide bonds. The molecular formula is C21H30N4O6S. The van der Waals surface area contributed by atoms with E-state index in [9.17, 15) is 18.0 Å². The topological polar surface area (TPSA) is 140 Å². The Morgan fingerprint density at radius 2 is 1.84 bits per heavy atom. The van der Waals surface area contributed by atoms with Crippen molar-refractivity contribution in [3.8, 4) is 11.6 Å². The smallest absolute Gasteiger partial charge is 0.356 e. The van der Waals surface area contributed by atoms with Crippen LogP contribution in [0.1, 0.15) is 51.0 Å². The molecule has 3 N–H and O–H groups in total. The van der Waals surface area contributed by atoms with Crippen LogP contribution in [0.15, 0.2) is 29.2 Å². The highest BCUT2D eigenvalue weighted by atomic mass is 32.2. The molecule has 32 heavy (non-hydrogen) atoms. The van der Waals surface area contributed by atoms with Crippen LogP contribution < -0.4 is 14.8 Å². The summed E-state index contributed by atoms with van der Waals surface area (Å²) in [5.74, 6) is -1.52. The first-order valence-corrected chi connectivity index (χ1v) is 11.9. The third-order valence-electron chi connectivity index (χ3n) is 4.81.